The molecule has 0 spiro atoms. The van der Waals surface area contributed by atoms with Crippen molar-refractivity contribution >= 4 is 42.3 Å². The molecular weight excluding hydrogens is 308 g/mol. The average Bonchev–Trinajstić information content (AvgIpc) is 3.17. The van der Waals surface area contributed by atoms with Crippen molar-refractivity contribution in [1.29, 1.82) is 0 Å². The van der Waals surface area contributed by atoms with Crippen molar-refractivity contribution in [3.8, 4) is 11.1 Å². The van der Waals surface area contributed by atoms with Crippen LogP contribution in [0.1, 0.15) is 11.1 Å². The summed E-state index contributed by atoms with van der Waals surface area (Å²) in [4.78, 5) is 0. The zero-order chi connectivity index (χ0) is 15.7. The minimum atomic E-state index is 1.07. The second-order valence-corrected chi connectivity index (χ2v) is 7.66. The van der Waals surface area contributed by atoms with E-state index in [1.54, 1.807) is 0 Å². The van der Waals surface area contributed by atoms with Crippen LogP contribution in [0.3, 0.4) is 0 Å². The van der Waals surface area contributed by atoms with Gasteiger partial charge in [0.2, 0.25) is 0 Å². The Morgan fingerprint density at radius 2 is 1.50 bits per heavy atom. The standard InChI is InChI=1S/C23H14S/c1-4-8-18-14(5-1)9-10-19-21-13-20-16(12-22(21)24-23(18)19)11-15-6-2-3-7-17(15)20/h1-10,12-13H,11H2. The Bertz CT molecular complexity index is 1270. The maximum absolute atomic E-state index is 2.42. The predicted molar refractivity (Wildman–Crippen MR) is 105 cm³/mol. The van der Waals surface area contributed by atoms with Crippen LogP contribution in [0, 0.1) is 0 Å². The second kappa shape index (κ2) is 4.46. The smallest absolute Gasteiger partial charge is 0.0433 e. The highest BCUT2D eigenvalue weighted by atomic mass is 32.1. The summed E-state index contributed by atoms with van der Waals surface area (Å²) in [7, 11) is 0. The van der Waals surface area contributed by atoms with E-state index in [1.807, 2.05) is 11.3 Å². The van der Waals surface area contributed by atoms with Crippen LogP contribution >= 0.6 is 11.3 Å². The van der Waals surface area contributed by atoms with Gasteiger partial charge in [0.25, 0.3) is 0 Å². The lowest BCUT2D eigenvalue weighted by Gasteiger charge is -2.02. The highest BCUT2D eigenvalue weighted by Gasteiger charge is 2.20. The van der Waals surface area contributed by atoms with E-state index in [9.17, 15) is 0 Å². The Morgan fingerprint density at radius 3 is 2.50 bits per heavy atom. The normalized spacial score (nSPS) is 12.8. The lowest BCUT2D eigenvalue weighted by atomic mass is 10.0. The summed E-state index contributed by atoms with van der Waals surface area (Å²) in [6, 6.07) is 26.9. The molecule has 0 N–H and O–H groups in total. The number of hydrogen-bond acceptors (Lipinski definition) is 1. The molecule has 0 nitrogen and oxygen atoms in total. The predicted octanol–water partition coefficient (Wildman–Crippen LogP) is 6.78. The van der Waals surface area contributed by atoms with Crippen molar-refractivity contribution in [2.45, 2.75) is 6.42 Å². The van der Waals surface area contributed by atoms with Gasteiger partial charge in [0.05, 0.1) is 0 Å². The van der Waals surface area contributed by atoms with Gasteiger partial charge in [-0.1, -0.05) is 60.7 Å². The maximum atomic E-state index is 2.42. The lowest BCUT2D eigenvalue weighted by molar-refractivity contribution is 1.27. The zero-order valence-electron chi connectivity index (χ0n) is 13.0. The van der Waals surface area contributed by atoms with Crippen molar-refractivity contribution in [1.82, 2.24) is 0 Å². The van der Waals surface area contributed by atoms with Crippen molar-refractivity contribution in [2.75, 3.05) is 0 Å². The summed E-state index contributed by atoms with van der Waals surface area (Å²) >= 11 is 1.94. The van der Waals surface area contributed by atoms with Gasteiger partial charge >= 0.3 is 0 Å². The molecule has 0 aliphatic heterocycles. The molecule has 0 fully saturated rings. The molecule has 6 rings (SSSR count). The van der Waals surface area contributed by atoms with Crippen molar-refractivity contribution in [3.63, 3.8) is 0 Å². The minimum absolute atomic E-state index is 1.07. The molecule has 0 radical (unpaired) electrons. The van der Waals surface area contributed by atoms with Crippen LogP contribution in [0.15, 0.2) is 72.8 Å². The molecule has 24 heavy (non-hydrogen) atoms. The number of rotatable bonds is 0. The van der Waals surface area contributed by atoms with Gasteiger partial charge in [-0.05, 0) is 51.6 Å². The van der Waals surface area contributed by atoms with Crippen molar-refractivity contribution in [3.05, 3.63) is 83.9 Å². The van der Waals surface area contributed by atoms with E-state index >= 15 is 0 Å². The number of benzene rings is 4. The zero-order valence-corrected chi connectivity index (χ0v) is 13.9. The van der Waals surface area contributed by atoms with Gasteiger partial charge in [-0.3, -0.25) is 0 Å². The molecule has 112 valence electrons. The van der Waals surface area contributed by atoms with Gasteiger partial charge in [-0.2, -0.15) is 0 Å². The summed E-state index contributed by atoms with van der Waals surface area (Å²) in [6.45, 7) is 0. The summed E-state index contributed by atoms with van der Waals surface area (Å²) in [5, 5.41) is 5.49. The topological polar surface area (TPSA) is 0 Å². The molecule has 0 saturated heterocycles. The maximum Gasteiger partial charge on any atom is 0.0433 e. The lowest BCUT2D eigenvalue weighted by Crippen LogP contribution is -1.79. The van der Waals surface area contributed by atoms with E-state index in [1.165, 1.54) is 53.2 Å². The molecule has 1 aliphatic carbocycles. The molecule has 1 aliphatic rings. The van der Waals surface area contributed by atoms with Gasteiger partial charge in [0.1, 0.15) is 0 Å². The molecule has 1 heterocycles. The van der Waals surface area contributed by atoms with Gasteiger partial charge in [0, 0.05) is 20.2 Å². The Kier molecular flexibility index (Phi) is 2.37. The SMILES string of the molecule is c1ccc2c(c1)Cc1cc3sc4c5ccccc5ccc4c3cc1-2. The van der Waals surface area contributed by atoms with Gasteiger partial charge in [0.15, 0.2) is 0 Å². The first-order valence-electron chi connectivity index (χ1n) is 8.34. The molecule has 0 bridgehead atoms. The van der Waals surface area contributed by atoms with Crippen LogP contribution in [-0.2, 0) is 6.42 Å². The van der Waals surface area contributed by atoms with E-state index in [2.05, 4.69) is 72.8 Å². The van der Waals surface area contributed by atoms with Gasteiger partial charge < -0.3 is 0 Å². The van der Waals surface area contributed by atoms with E-state index in [0.717, 1.165) is 6.42 Å². The van der Waals surface area contributed by atoms with Crippen LogP contribution < -0.4 is 0 Å². The fourth-order valence-corrected chi connectivity index (χ4v) is 5.41. The third-order valence-corrected chi connectivity index (χ3v) is 6.48. The van der Waals surface area contributed by atoms with E-state index in [0.29, 0.717) is 0 Å². The third-order valence-electron chi connectivity index (χ3n) is 5.28. The molecular formula is C23H14S. The van der Waals surface area contributed by atoms with Crippen molar-refractivity contribution in [2.24, 2.45) is 0 Å². The van der Waals surface area contributed by atoms with Crippen LogP contribution in [0.25, 0.3) is 42.1 Å². The summed E-state index contributed by atoms with van der Waals surface area (Å²) in [6.07, 6.45) is 1.07. The van der Waals surface area contributed by atoms with Crippen LogP contribution in [0.2, 0.25) is 0 Å². The fraction of sp³-hybridized carbons (Fsp3) is 0.0435. The molecule has 1 heteroatoms. The highest BCUT2D eigenvalue weighted by molar-refractivity contribution is 7.26. The van der Waals surface area contributed by atoms with Gasteiger partial charge in [-0.25, -0.2) is 0 Å². The first-order chi connectivity index (χ1) is 11.9. The first-order valence-corrected chi connectivity index (χ1v) is 9.15. The van der Waals surface area contributed by atoms with E-state index < -0.39 is 0 Å². The monoisotopic (exact) mass is 322 g/mol. The molecule has 1 aromatic heterocycles. The van der Waals surface area contributed by atoms with Crippen LogP contribution in [0.5, 0.6) is 0 Å². The summed E-state index contributed by atoms with van der Waals surface area (Å²) in [5.41, 5.74) is 5.76. The molecule has 5 aromatic rings. The fourth-order valence-electron chi connectivity index (χ4n) is 4.13. The van der Waals surface area contributed by atoms with Crippen LogP contribution in [0.4, 0.5) is 0 Å². The van der Waals surface area contributed by atoms with E-state index in [-0.39, 0.29) is 0 Å². The number of fused-ring (bicyclic) bond motifs is 8. The Morgan fingerprint density at radius 1 is 0.625 bits per heavy atom. The largest absolute Gasteiger partial charge is 0.135 e. The Balaban J connectivity index is 1.75. The Hall–Kier alpha value is -2.64. The van der Waals surface area contributed by atoms with Gasteiger partial charge in [-0.15, -0.1) is 11.3 Å². The average molecular weight is 322 g/mol. The molecule has 0 atom stereocenters. The molecule has 4 aromatic carbocycles. The third kappa shape index (κ3) is 1.58. The number of hydrogen-bond donors (Lipinski definition) is 0. The van der Waals surface area contributed by atoms with Crippen molar-refractivity contribution < 1.29 is 0 Å². The highest BCUT2D eigenvalue weighted by Crippen LogP contribution is 2.44. The molecule has 0 saturated carbocycles. The summed E-state index contributed by atoms with van der Waals surface area (Å²) in [5.74, 6) is 0. The summed E-state index contributed by atoms with van der Waals surface area (Å²) < 4.78 is 2.83. The molecule has 0 amide bonds. The first kappa shape index (κ1) is 12.7. The van der Waals surface area contributed by atoms with Crippen LogP contribution in [-0.4, -0.2) is 0 Å². The number of thiophene rings is 1. The molecule has 0 unspecified atom stereocenters. The Labute approximate surface area is 144 Å². The second-order valence-electron chi connectivity index (χ2n) is 6.60. The van der Waals surface area contributed by atoms with E-state index in [4.69, 9.17) is 0 Å². The quantitative estimate of drug-likeness (QED) is 0.289. The minimum Gasteiger partial charge on any atom is -0.135 e.